The van der Waals surface area contributed by atoms with Crippen LogP contribution in [0.2, 0.25) is 0 Å². The monoisotopic (exact) mass is 404 g/mol. The van der Waals surface area contributed by atoms with Gasteiger partial charge in [-0.05, 0) is 43.5 Å². The molecule has 1 aromatic carbocycles. The van der Waals surface area contributed by atoms with Gasteiger partial charge in [-0.15, -0.1) is 0 Å². The summed E-state index contributed by atoms with van der Waals surface area (Å²) < 4.78 is 41.1. The second kappa shape index (κ2) is 6.55. The van der Waals surface area contributed by atoms with Gasteiger partial charge in [-0.3, -0.25) is 4.79 Å². The van der Waals surface area contributed by atoms with Crippen molar-refractivity contribution in [1.29, 1.82) is 0 Å². The molecule has 0 aliphatic heterocycles. The third-order valence-corrected chi connectivity index (χ3v) is 5.47. The summed E-state index contributed by atoms with van der Waals surface area (Å²) in [7, 11) is 0. The minimum absolute atomic E-state index is 0.0686. The summed E-state index contributed by atoms with van der Waals surface area (Å²) in [5.74, 6) is -0.883. The predicted octanol–water partition coefficient (Wildman–Crippen LogP) is 3.57. The van der Waals surface area contributed by atoms with Crippen LogP contribution in [0.1, 0.15) is 41.6 Å². The van der Waals surface area contributed by atoms with Crippen molar-refractivity contribution in [3.63, 3.8) is 0 Å². The zero-order valence-electron chi connectivity index (χ0n) is 15.6. The summed E-state index contributed by atoms with van der Waals surface area (Å²) >= 11 is 0. The van der Waals surface area contributed by atoms with Gasteiger partial charge in [0.15, 0.2) is 11.4 Å². The molecule has 29 heavy (non-hydrogen) atoms. The van der Waals surface area contributed by atoms with Crippen LogP contribution in [0.5, 0.6) is 0 Å². The normalized spacial score (nSPS) is 17.7. The Labute approximate surface area is 164 Å². The van der Waals surface area contributed by atoms with E-state index in [2.05, 4.69) is 15.1 Å². The Bertz CT molecular complexity index is 1020. The average molecular weight is 404 g/mol. The largest absolute Gasteiger partial charge is 0.394 e. The Hall–Kier alpha value is -2.94. The zero-order chi connectivity index (χ0) is 20.9. The van der Waals surface area contributed by atoms with E-state index in [9.17, 15) is 23.1 Å². The number of Topliss-reactive ketones (excluding diaryl/α,β-unsaturated/α-hetero) is 1. The number of benzene rings is 1. The van der Waals surface area contributed by atoms with E-state index < -0.39 is 23.0 Å². The molecule has 0 unspecified atom stereocenters. The summed E-state index contributed by atoms with van der Waals surface area (Å²) in [6, 6.07) is 8.38. The van der Waals surface area contributed by atoms with Crippen molar-refractivity contribution in [3.8, 4) is 5.69 Å². The van der Waals surface area contributed by atoms with Gasteiger partial charge >= 0.3 is 6.18 Å². The minimum atomic E-state index is -4.29. The van der Waals surface area contributed by atoms with Crippen molar-refractivity contribution in [1.82, 2.24) is 19.7 Å². The molecule has 1 aliphatic rings. The summed E-state index contributed by atoms with van der Waals surface area (Å²) in [4.78, 5) is 19.4. The molecule has 1 atom stereocenters. The Morgan fingerprint density at radius 1 is 1.28 bits per heavy atom. The van der Waals surface area contributed by atoms with Crippen molar-refractivity contribution in [2.75, 3.05) is 0 Å². The van der Waals surface area contributed by atoms with Crippen LogP contribution < -0.4 is 0 Å². The summed E-state index contributed by atoms with van der Waals surface area (Å²) in [5, 5.41) is 14.9. The van der Waals surface area contributed by atoms with Crippen molar-refractivity contribution in [3.05, 3.63) is 66.0 Å². The van der Waals surface area contributed by atoms with Crippen LogP contribution >= 0.6 is 0 Å². The SMILES string of the molecule is C[C@@](O)(C(=O)c1ncc(CC2(C(F)(F)F)CC2)[nH]1)c1ccc(-n2cccn2)cc1. The number of carbonyl (C=O) groups excluding carboxylic acids is 1. The van der Waals surface area contributed by atoms with E-state index >= 15 is 0 Å². The van der Waals surface area contributed by atoms with Gasteiger partial charge in [0.05, 0.1) is 11.1 Å². The maximum Gasteiger partial charge on any atom is 0.394 e. The van der Waals surface area contributed by atoms with Crippen LogP contribution in [-0.2, 0) is 12.0 Å². The molecule has 3 aromatic rings. The fraction of sp³-hybridized carbons (Fsp3) is 0.350. The number of aliphatic hydroxyl groups is 1. The lowest BCUT2D eigenvalue weighted by Crippen LogP contribution is -2.33. The van der Waals surface area contributed by atoms with E-state index in [1.54, 1.807) is 47.4 Å². The maximum absolute atomic E-state index is 13.1. The molecular weight excluding hydrogens is 385 g/mol. The number of carbonyl (C=O) groups is 1. The fourth-order valence-corrected chi connectivity index (χ4v) is 3.36. The fourth-order valence-electron chi connectivity index (χ4n) is 3.36. The van der Waals surface area contributed by atoms with Gasteiger partial charge in [-0.25, -0.2) is 9.67 Å². The molecule has 1 fully saturated rings. The maximum atomic E-state index is 13.1. The number of hydrogen-bond acceptors (Lipinski definition) is 4. The standard InChI is InChI=1S/C20H19F3N4O2/c1-18(29,13-3-5-15(6-4-13)27-10-2-9-25-27)16(28)17-24-12-14(26-17)11-19(7-8-19)20(21,22)23/h2-6,9-10,12,29H,7-8,11H2,1H3,(H,24,26)/t18-/m0/s1. The number of nitrogens with zero attached hydrogens (tertiary/aromatic N) is 3. The number of rotatable bonds is 6. The van der Waals surface area contributed by atoms with Crippen LogP contribution in [0.4, 0.5) is 13.2 Å². The van der Waals surface area contributed by atoms with Crippen LogP contribution in [0.25, 0.3) is 5.69 Å². The van der Waals surface area contributed by atoms with Gasteiger partial charge in [0, 0.05) is 30.7 Å². The molecule has 0 amide bonds. The molecule has 6 nitrogen and oxygen atoms in total. The molecule has 0 radical (unpaired) electrons. The Morgan fingerprint density at radius 2 is 1.97 bits per heavy atom. The molecule has 2 aromatic heterocycles. The molecular formula is C20H19F3N4O2. The molecule has 0 bridgehead atoms. The first kappa shape index (κ1) is 19.4. The van der Waals surface area contributed by atoms with E-state index in [1.165, 1.54) is 13.1 Å². The molecule has 2 heterocycles. The van der Waals surface area contributed by atoms with Gasteiger partial charge in [0.2, 0.25) is 5.78 Å². The predicted molar refractivity (Wildman–Crippen MR) is 97.5 cm³/mol. The topological polar surface area (TPSA) is 83.8 Å². The van der Waals surface area contributed by atoms with E-state index in [0.717, 1.165) is 5.69 Å². The third-order valence-electron chi connectivity index (χ3n) is 5.47. The molecule has 2 N–H and O–H groups in total. The molecule has 9 heteroatoms. The van der Waals surface area contributed by atoms with Gasteiger partial charge in [0.25, 0.3) is 0 Å². The lowest BCUT2D eigenvalue weighted by molar-refractivity contribution is -0.186. The van der Waals surface area contributed by atoms with Crippen molar-refractivity contribution in [2.45, 2.75) is 38.0 Å². The number of imidazole rings is 1. The van der Waals surface area contributed by atoms with E-state index in [1.807, 2.05) is 0 Å². The number of hydrogen-bond donors (Lipinski definition) is 2. The zero-order valence-corrected chi connectivity index (χ0v) is 15.6. The van der Waals surface area contributed by atoms with Crippen LogP contribution in [0.3, 0.4) is 0 Å². The number of alkyl halides is 3. The highest BCUT2D eigenvalue weighted by Gasteiger charge is 2.63. The van der Waals surface area contributed by atoms with E-state index in [4.69, 9.17) is 0 Å². The Kier molecular flexibility index (Phi) is 4.38. The molecule has 1 aliphatic carbocycles. The molecule has 152 valence electrons. The summed E-state index contributed by atoms with van der Waals surface area (Å²) in [6.07, 6.45) is 0.221. The van der Waals surface area contributed by atoms with Crippen LogP contribution in [-0.4, -0.2) is 36.8 Å². The van der Waals surface area contributed by atoms with Crippen LogP contribution in [0.15, 0.2) is 48.9 Å². The van der Waals surface area contributed by atoms with E-state index in [0.29, 0.717) is 5.56 Å². The van der Waals surface area contributed by atoms with Crippen molar-refractivity contribution in [2.24, 2.45) is 5.41 Å². The Morgan fingerprint density at radius 3 is 2.52 bits per heavy atom. The molecule has 0 saturated heterocycles. The number of nitrogens with one attached hydrogen (secondary N) is 1. The average Bonchev–Trinajstić information content (AvgIpc) is 3.09. The quantitative estimate of drug-likeness (QED) is 0.616. The molecule has 0 spiro atoms. The lowest BCUT2D eigenvalue weighted by Gasteiger charge is -2.21. The lowest BCUT2D eigenvalue weighted by atomic mass is 9.91. The van der Waals surface area contributed by atoms with E-state index in [-0.39, 0.29) is 30.8 Å². The number of aromatic nitrogens is 4. The smallest absolute Gasteiger partial charge is 0.377 e. The van der Waals surface area contributed by atoms with Gasteiger partial charge in [-0.1, -0.05) is 12.1 Å². The van der Waals surface area contributed by atoms with Gasteiger partial charge < -0.3 is 10.1 Å². The summed E-state index contributed by atoms with van der Waals surface area (Å²) in [6.45, 7) is 1.33. The highest BCUT2D eigenvalue weighted by Crippen LogP contribution is 2.59. The van der Waals surface area contributed by atoms with Crippen molar-refractivity contribution >= 4 is 5.78 Å². The number of aromatic amines is 1. The molecule has 4 rings (SSSR count). The highest BCUT2D eigenvalue weighted by molar-refractivity contribution is 5.99. The third kappa shape index (κ3) is 3.46. The number of halogens is 3. The van der Waals surface area contributed by atoms with Crippen LogP contribution in [0, 0.1) is 5.41 Å². The minimum Gasteiger partial charge on any atom is -0.377 e. The second-order valence-corrected chi connectivity index (χ2v) is 7.61. The first-order valence-electron chi connectivity index (χ1n) is 9.11. The highest BCUT2D eigenvalue weighted by atomic mass is 19.4. The number of H-pyrrole nitrogens is 1. The number of ketones is 1. The Balaban J connectivity index is 1.52. The molecule has 1 saturated carbocycles. The first-order chi connectivity index (χ1) is 13.6. The second-order valence-electron chi connectivity index (χ2n) is 7.61. The first-order valence-corrected chi connectivity index (χ1v) is 9.11. The summed E-state index contributed by atoms with van der Waals surface area (Å²) in [5.41, 5.74) is -2.30. The van der Waals surface area contributed by atoms with Gasteiger partial charge in [-0.2, -0.15) is 18.3 Å². The van der Waals surface area contributed by atoms with Crippen molar-refractivity contribution < 1.29 is 23.1 Å². The van der Waals surface area contributed by atoms with Gasteiger partial charge in [0.1, 0.15) is 0 Å².